The minimum atomic E-state index is -0.617. The smallest absolute Gasteiger partial charge is 0.269 e. The van der Waals surface area contributed by atoms with Crippen LogP contribution in [0.15, 0.2) is 6.33 Å². The molecule has 0 atom stereocenters. The van der Waals surface area contributed by atoms with Crippen molar-refractivity contribution in [1.82, 2.24) is 9.97 Å². The Hall–Kier alpha value is -1.59. The third-order valence-electron chi connectivity index (χ3n) is 1.27. The van der Waals surface area contributed by atoms with Crippen LogP contribution in [0.25, 0.3) is 0 Å². The number of hydrogen-bond acceptors (Lipinski definition) is 3. The first kappa shape index (κ1) is 8.51. The number of imidazole rings is 1. The lowest BCUT2D eigenvalue weighted by Gasteiger charge is -1.99. The average molecular weight is 172 g/mol. The van der Waals surface area contributed by atoms with E-state index in [1.807, 2.05) is 0 Å². The van der Waals surface area contributed by atoms with Crippen LogP contribution in [0.1, 0.15) is 10.5 Å². The third kappa shape index (κ3) is 1.71. The Morgan fingerprint density at radius 2 is 2.58 bits per heavy atom. The Morgan fingerprint density at radius 1 is 1.83 bits per heavy atom. The summed E-state index contributed by atoms with van der Waals surface area (Å²) in [5, 5.41) is 2.61. The fraction of sp³-hybridized carbons (Fsp3) is 0.333. The SMILES string of the molecule is NC(=O)c1[nH]cnc1NCCF. The lowest BCUT2D eigenvalue weighted by Crippen LogP contribution is -2.15. The van der Waals surface area contributed by atoms with Crippen molar-refractivity contribution in [2.45, 2.75) is 0 Å². The largest absolute Gasteiger partial charge is 0.365 e. The van der Waals surface area contributed by atoms with Crippen molar-refractivity contribution in [2.75, 3.05) is 18.5 Å². The second-order valence-electron chi connectivity index (χ2n) is 2.11. The molecule has 1 aromatic rings. The number of hydrogen-bond donors (Lipinski definition) is 3. The summed E-state index contributed by atoms with van der Waals surface area (Å²) in [7, 11) is 0. The third-order valence-corrected chi connectivity index (χ3v) is 1.27. The zero-order valence-corrected chi connectivity index (χ0v) is 6.30. The van der Waals surface area contributed by atoms with Gasteiger partial charge in [-0.2, -0.15) is 0 Å². The number of nitrogens with one attached hydrogen (secondary N) is 2. The molecule has 6 heteroatoms. The summed E-state index contributed by atoms with van der Waals surface area (Å²) in [4.78, 5) is 16.9. The molecule has 0 bridgehead atoms. The van der Waals surface area contributed by atoms with Crippen molar-refractivity contribution in [3.8, 4) is 0 Å². The molecule has 0 saturated carbocycles. The number of amides is 1. The zero-order valence-electron chi connectivity index (χ0n) is 6.30. The Bertz CT molecular complexity index is 272. The molecule has 1 rings (SSSR count). The number of aromatic amines is 1. The zero-order chi connectivity index (χ0) is 8.97. The van der Waals surface area contributed by atoms with Gasteiger partial charge in [0, 0.05) is 6.54 Å². The maximum atomic E-state index is 11.7. The van der Waals surface area contributed by atoms with Gasteiger partial charge < -0.3 is 16.0 Å². The number of halogens is 1. The van der Waals surface area contributed by atoms with Gasteiger partial charge in [0.05, 0.1) is 6.33 Å². The van der Waals surface area contributed by atoms with Crippen LogP contribution in [0.2, 0.25) is 0 Å². The highest BCUT2D eigenvalue weighted by Crippen LogP contribution is 2.06. The number of aromatic nitrogens is 2. The summed E-state index contributed by atoms with van der Waals surface area (Å²) in [5.74, 6) is -0.325. The van der Waals surface area contributed by atoms with Crippen LogP contribution >= 0.6 is 0 Å². The molecule has 1 amide bonds. The summed E-state index contributed by atoms with van der Waals surface area (Å²) in [5.41, 5.74) is 5.16. The first-order valence-electron chi connectivity index (χ1n) is 3.38. The molecular formula is C6H9FN4O. The highest BCUT2D eigenvalue weighted by molar-refractivity contribution is 5.95. The number of nitrogens with two attached hydrogens (primary N) is 1. The molecule has 0 unspecified atom stereocenters. The molecule has 0 saturated heterocycles. The summed E-state index contributed by atoms with van der Waals surface area (Å²) < 4.78 is 11.7. The van der Waals surface area contributed by atoms with E-state index in [4.69, 9.17) is 5.73 Å². The summed E-state index contributed by atoms with van der Waals surface area (Å²) >= 11 is 0. The van der Waals surface area contributed by atoms with Gasteiger partial charge in [0.25, 0.3) is 5.91 Å². The highest BCUT2D eigenvalue weighted by atomic mass is 19.1. The number of anilines is 1. The molecular weight excluding hydrogens is 163 g/mol. The molecule has 0 fully saturated rings. The van der Waals surface area contributed by atoms with Gasteiger partial charge in [0.1, 0.15) is 12.4 Å². The van der Waals surface area contributed by atoms with E-state index >= 15 is 0 Å². The number of alkyl halides is 1. The monoisotopic (exact) mass is 172 g/mol. The van der Waals surface area contributed by atoms with Crippen LogP contribution in [0.3, 0.4) is 0 Å². The Morgan fingerprint density at radius 3 is 3.17 bits per heavy atom. The highest BCUT2D eigenvalue weighted by Gasteiger charge is 2.09. The van der Waals surface area contributed by atoms with Gasteiger partial charge in [-0.25, -0.2) is 9.37 Å². The number of carbonyl (C=O) groups is 1. The van der Waals surface area contributed by atoms with Gasteiger partial charge >= 0.3 is 0 Å². The molecule has 0 spiro atoms. The minimum absolute atomic E-state index is 0.116. The molecule has 0 aliphatic rings. The van der Waals surface area contributed by atoms with Gasteiger partial charge in [0.2, 0.25) is 0 Å². The van der Waals surface area contributed by atoms with E-state index in [1.54, 1.807) is 0 Å². The van der Waals surface area contributed by atoms with Gasteiger partial charge in [-0.05, 0) is 0 Å². The number of primary amides is 1. The minimum Gasteiger partial charge on any atom is -0.365 e. The number of rotatable bonds is 4. The number of H-pyrrole nitrogens is 1. The van der Waals surface area contributed by atoms with Crippen molar-refractivity contribution >= 4 is 11.7 Å². The fourth-order valence-corrected chi connectivity index (χ4v) is 0.782. The van der Waals surface area contributed by atoms with Crippen LogP contribution in [0.4, 0.5) is 10.2 Å². The van der Waals surface area contributed by atoms with Gasteiger partial charge in [-0.1, -0.05) is 0 Å². The molecule has 0 aliphatic heterocycles. The fourth-order valence-electron chi connectivity index (χ4n) is 0.782. The van der Waals surface area contributed by atoms with Gasteiger partial charge in [-0.3, -0.25) is 4.79 Å². The Labute approximate surface area is 68.2 Å². The molecule has 0 aliphatic carbocycles. The first-order valence-corrected chi connectivity index (χ1v) is 3.38. The predicted octanol–water partition coefficient (Wildman–Crippen LogP) is -0.110. The van der Waals surface area contributed by atoms with Crippen molar-refractivity contribution in [2.24, 2.45) is 5.73 Å². The second kappa shape index (κ2) is 3.70. The van der Waals surface area contributed by atoms with E-state index in [9.17, 15) is 9.18 Å². The Balaban J connectivity index is 2.70. The maximum Gasteiger partial charge on any atom is 0.269 e. The molecule has 66 valence electrons. The van der Waals surface area contributed by atoms with Gasteiger partial charge in [-0.15, -0.1) is 0 Å². The molecule has 4 N–H and O–H groups in total. The normalized spacial score (nSPS) is 9.75. The molecule has 1 aromatic heterocycles. The maximum absolute atomic E-state index is 11.7. The lowest BCUT2D eigenvalue weighted by molar-refractivity contribution is 0.0997. The molecule has 0 aromatic carbocycles. The topological polar surface area (TPSA) is 83.8 Å². The quantitative estimate of drug-likeness (QED) is 0.592. The van der Waals surface area contributed by atoms with Gasteiger partial charge in [0.15, 0.2) is 5.82 Å². The predicted molar refractivity (Wildman–Crippen MR) is 41.6 cm³/mol. The van der Waals surface area contributed by atoms with Crippen LogP contribution in [-0.2, 0) is 0 Å². The first-order chi connectivity index (χ1) is 5.75. The molecule has 0 radical (unpaired) electrons. The van der Waals surface area contributed by atoms with Crippen LogP contribution < -0.4 is 11.1 Å². The standard InChI is InChI=1S/C6H9FN4O/c7-1-2-9-6-4(5(8)12)10-3-11-6/h3,9H,1-2H2,(H2,8,12)(H,10,11). The summed E-state index contributed by atoms with van der Waals surface area (Å²) in [6, 6.07) is 0. The molecule has 1 heterocycles. The van der Waals surface area contributed by atoms with Crippen molar-refractivity contribution in [1.29, 1.82) is 0 Å². The van der Waals surface area contributed by atoms with E-state index in [-0.39, 0.29) is 12.2 Å². The number of carbonyl (C=O) groups excluding carboxylic acids is 1. The van der Waals surface area contributed by atoms with Crippen molar-refractivity contribution in [3.05, 3.63) is 12.0 Å². The summed E-state index contributed by atoms with van der Waals surface area (Å²) in [6.45, 7) is -0.407. The van der Waals surface area contributed by atoms with Crippen molar-refractivity contribution < 1.29 is 9.18 Å². The number of nitrogens with zero attached hydrogens (tertiary/aromatic N) is 1. The lowest BCUT2D eigenvalue weighted by atomic mass is 10.4. The Kier molecular flexibility index (Phi) is 2.62. The van der Waals surface area contributed by atoms with Crippen LogP contribution in [0.5, 0.6) is 0 Å². The van der Waals surface area contributed by atoms with Crippen LogP contribution in [0, 0.1) is 0 Å². The average Bonchev–Trinajstić information content (AvgIpc) is 2.48. The van der Waals surface area contributed by atoms with E-state index in [0.29, 0.717) is 5.82 Å². The van der Waals surface area contributed by atoms with E-state index in [2.05, 4.69) is 15.3 Å². The van der Waals surface area contributed by atoms with Crippen molar-refractivity contribution in [3.63, 3.8) is 0 Å². The van der Waals surface area contributed by atoms with E-state index in [1.165, 1.54) is 6.33 Å². The van der Waals surface area contributed by atoms with Crippen LogP contribution in [-0.4, -0.2) is 29.1 Å². The van der Waals surface area contributed by atoms with E-state index < -0.39 is 12.6 Å². The second-order valence-corrected chi connectivity index (χ2v) is 2.11. The van der Waals surface area contributed by atoms with E-state index in [0.717, 1.165) is 0 Å². The molecule has 5 nitrogen and oxygen atoms in total. The summed E-state index contributed by atoms with van der Waals surface area (Å²) in [6.07, 6.45) is 1.32. The molecule has 12 heavy (non-hydrogen) atoms.